The van der Waals surface area contributed by atoms with E-state index in [1.165, 1.54) is 5.56 Å². The number of ether oxygens (including phenoxy) is 1. The molecule has 1 N–H and O–H groups in total. The number of rotatable bonds is 6. The van der Waals surface area contributed by atoms with Crippen molar-refractivity contribution in [3.8, 4) is 5.75 Å². The Morgan fingerprint density at radius 1 is 1.39 bits per heavy atom. The number of hydrogen-bond donors (Lipinski definition) is 1. The van der Waals surface area contributed by atoms with Crippen LogP contribution in [0.5, 0.6) is 5.75 Å². The van der Waals surface area contributed by atoms with Crippen molar-refractivity contribution in [1.82, 2.24) is 5.32 Å². The van der Waals surface area contributed by atoms with E-state index in [9.17, 15) is 4.79 Å². The van der Waals surface area contributed by atoms with Gasteiger partial charge in [-0.3, -0.25) is 4.79 Å². The van der Waals surface area contributed by atoms with Crippen LogP contribution in [-0.2, 0) is 10.2 Å². The fourth-order valence-corrected chi connectivity index (χ4v) is 2.28. The summed E-state index contributed by atoms with van der Waals surface area (Å²) in [6.45, 7) is 0.703. The number of methoxy groups -OCH3 is 1. The molecule has 0 aromatic heterocycles. The summed E-state index contributed by atoms with van der Waals surface area (Å²) in [6, 6.07) is 8.10. The quantitative estimate of drug-likeness (QED) is 0.804. The zero-order valence-corrected chi connectivity index (χ0v) is 11.3. The van der Waals surface area contributed by atoms with Gasteiger partial charge in [0.15, 0.2) is 0 Å². The maximum Gasteiger partial charge on any atom is 0.221 e. The second kappa shape index (κ2) is 5.61. The molecular weight excluding hydrogens is 250 g/mol. The minimum absolute atomic E-state index is 0.0322. The molecule has 3 nitrogen and oxygen atoms in total. The van der Waals surface area contributed by atoms with Gasteiger partial charge in [0, 0.05) is 24.3 Å². The highest BCUT2D eigenvalue weighted by Gasteiger charge is 2.44. The van der Waals surface area contributed by atoms with E-state index in [4.69, 9.17) is 16.3 Å². The molecular formula is C14H18ClNO2. The van der Waals surface area contributed by atoms with Crippen LogP contribution >= 0.6 is 11.6 Å². The molecule has 0 bridgehead atoms. The molecule has 98 valence electrons. The number of carbonyl (C=O) groups excluding carboxylic acids is 1. The molecule has 1 aromatic carbocycles. The lowest BCUT2D eigenvalue weighted by Crippen LogP contribution is -2.32. The van der Waals surface area contributed by atoms with Crippen LogP contribution in [0.15, 0.2) is 24.3 Å². The molecule has 0 unspecified atom stereocenters. The highest BCUT2D eigenvalue weighted by atomic mass is 35.5. The van der Waals surface area contributed by atoms with Crippen molar-refractivity contribution in [3.05, 3.63) is 29.8 Å². The maximum atomic E-state index is 11.4. The first-order chi connectivity index (χ1) is 8.70. The van der Waals surface area contributed by atoms with Gasteiger partial charge in [0.25, 0.3) is 0 Å². The van der Waals surface area contributed by atoms with Crippen LogP contribution in [0.25, 0.3) is 0 Å². The largest absolute Gasteiger partial charge is 0.497 e. The van der Waals surface area contributed by atoms with Gasteiger partial charge in [-0.1, -0.05) is 12.1 Å². The third-order valence-electron chi connectivity index (χ3n) is 3.50. The Kier molecular flexibility index (Phi) is 4.12. The van der Waals surface area contributed by atoms with Crippen molar-refractivity contribution in [3.63, 3.8) is 0 Å². The van der Waals surface area contributed by atoms with Gasteiger partial charge >= 0.3 is 0 Å². The summed E-state index contributed by atoms with van der Waals surface area (Å²) in [5.41, 5.74) is 1.41. The second-order valence-electron chi connectivity index (χ2n) is 4.72. The van der Waals surface area contributed by atoms with Crippen LogP contribution < -0.4 is 10.1 Å². The van der Waals surface area contributed by atoms with Crippen LogP contribution in [0, 0.1) is 0 Å². The lowest BCUT2D eigenvalue weighted by Gasteiger charge is -2.16. The lowest BCUT2D eigenvalue weighted by atomic mass is 9.96. The molecule has 4 heteroatoms. The predicted molar refractivity (Wildman–Crippen MR) is 72.3 cm³/mol. The molecule has 18 heavy (non-hydrogen) atoms. The standard InChI is InChI=1S/C14H18ClNO2/c1-18-12-4-2-11(3-5-12)14(7-8-14)10-16-13(17)6-9-15/h2-5H,6-10H2,1H3,(H,16,17). The van der Waals surface area contributed by atoms with Gasteiger partial charge in [-0.2, -0.15) is 0 Å². The van der Waals surface area contributed by atoms with Gasteiger partial charge in [0.05, 0.1) is 7.11 Å². The van der Waals surface area contributed by atoms with E-state index in [1.807, 2.05) is 12.1 Å². The van der Waals surface area contributed by atoms with Gasteiger partial charge in [0.2, 0.25) is 5.91 Å². The topological polar surface area (TPSA) is 38.3 Å². The minimum atomic E-state index is 0.0322. The lowest BCUT2D eigenvalue weighted by molar-refractivity contribution is -0.120. The number of halogens is 1. The first-order valence-corrected chi connectivity index (χ1v) is 6.71. The highest BCUT2D eigenvalue weighted by Crippen LogP contribution is 2.47. The molecule has 0 aliphatic heterocycles. The summed E-state index contributed by atoms with van der Waals surface area (Å²) >= 11 is 5.54. The van der Waals surface area contributed by atoms with E-state index in [0.29, 0.717) is 18.8 Å². The fourth-order valence-electron chi connectivity index (χ4n) is 2.10. The molecule has 1 aliphatic rings. The molecule has 0 saturated heterocycles. The van der Waals surface area contributed by atoms with E-state index >= 15 is 0 Å². The Morgan fingerprint density at radius 2 is 2.06 bits per heavy atom. The highest BCUT2D eigenvalue weighted by molar-refractivity contribution is 6.18. The van der Waals surface area contributed by atoms with Gasteiger partial charge in [-0.15, -0.1) is 11.6 Å². The average molecular weight is 268 g/mol. The van der Waals surface area contributed by atoms with Crippen molar-refractivity contribution in [2.45, 2.75) is 24.7 Å². The molecule has 0 atom stereocenters. The van der Waals surface area contributed by atoms with Gasteiger partial charge in [0.1, 0.15) is 5.75 Å². The van der Waals surface area contributed by atoms with E-state index < -0.39 is 0 Å². The van der Waals surface area contributed by atoms with Crippen LogP contribution in [0.4, 0.5) is 0 Å². The van der Waals surface area contributed by atoms with Crippen LogP contribution in [0.2, 0.25) is 0 Å². The molecule has 1 aromatic rings. The monoisotopic (exact) mass is 267 g/mol. The number of hydrogen-bond acceptors (Lipinski definition) is 2. The van der Waals surface area contributed by atoms with Crippen molar-refractivity contribution in [1.29, 1.82) is 0 Å². The first-order valence-electron chi connectivity index (χ1n) is 6.17. The molecule has 0 spiro atoms. The minimum Gasteiger partial charge on any atom is -0.497 e. The number of nitrogens with one attached hydrogen (secondary N) is 1. The van der Waals surface area contributed by atoms with E-state index in [1.54, 1.807) is 7.11 Å². The van der Waals surface area contributed by atoms with Crippen molar-refractivity contribution >= 4 is 17.5 Å². The Balaban J connectivity index is 1.96. The summed E-state index contributed by atoms with van der Waals surface area (Å²) in [6.07, 6.45) is 2.64. The third kappa shape index (κ3) is 2.96. The third-order valence-corrected chi connectivity index (χ3v) is 3.69. The van der Waals surface area contributed by atoms with Crippen LogP contribution in [0.3, 0.4) is 0 Å². The maximum absolute atomic E-state index is 11.4. The summed E-state index contributed by atoms with van der Waals surface area (Å²) in [7, 11) is 1.66. The molecule has 0 heterocycles. The number of amides is 1. The SMILES string of the molecule is COc1ccc(C2(CNC(=O)CCCl)CC2)cc1. The fraction of sp³-hybridized carbons (Fsp3) is 0.500. The predicted octanol–water partition coefficient (Wildman–Crippen LogP) is 2.47. The number of carbonyl (C=O) groups is 1. The van der Waals surface area contributed by atoms with Crippen LogP contribution in [0.1, 0.15) is 24.8 Å². The van der Waals surface area contributed by atoms with Gasteiger partial charge in [-0.25, -0.2) is 0 Å². The second-order valence-corrected chi connectivity index (χ2v) is 5.10. The number of alkyl halides is 1. The molecule has 1 amide bonds. The summed E-state index contributed by atoms with van der Waals surface area (Å²) in [4.78, 5) is 11.4. The van der Waals surface area contributed by atoms with Gasteiger partial charge < -0.3 is 10.1 Å². The van der Waals surface area contributed by atoms with Crippen molar-refractivity contribution in [2.24, 2.45) is 0 Å². The molecule has 1 saturated carbocycles. The Morgan fingerprint density at radius 3 is 2.56 bits per heavy atom. The van der Waals surface area contributed by atoms with Crippen molar-refractivity contribution in [2.75, 3.05) is 19.5 Å². The Labute approximate surface area is 112 Å². The van der Waals surface area contributed by atoms with Crippen molar-refractivity contribution < 1.29 is 9.53 Å². The number of benzene rings is 1. The Bertz CT molecular complexity index is 412. The zero-order chi connectivity index (χ0) is 13.0. The Hall–Kier alpha value is -1.22. The van der Waals surface area contributed by atoms with Crippen LogP contribution in [-0.4, -0.2) is 25.4 Å². The average Bonchev–Trinajstić information content (AvgIpc) is 3.18. The summed E-state index contributed by atoms with van der Waals surface area (Å²) in [5, 5.41) is 2.96. The summed E-state index contributed by atoms with van der Waals surface area (Å²) < 4.78 is 5.15. The molecule has 0 radical (unpaired) electrons. The van der Waals surface area contributed by atoms with E-state index in [0.717, 1.165) is 18.6 Å². The first kappa shape index (κ1) is 13.2. The molecule has 2 rings (SSSR count). The zero-order valence-electron chi connectivity index (χ0n) is 10.5. The molecule has 1 fully saturated rings. The van der Waals surface area contributed by atoms with Gasteiger partial charge in [-0.05, 0) is 30.5 Å². The molecule has 1 aliphatic carbocycles. The van der Waals surface area contributed by atoms with E-state index in [2.05, 4.69) is 17.4 Å². The smallest absolute Gasteiger partial charge is 0.221 e. The summed E-state index contributed by atoms with van der Waals surface area (Å²) in [5.74, 6) is 1.27. The van der Waals surface area contributed by atoms with E-state index in [-0.39, 0.29) is 11.3 Å². The normalized spacial score (nSPS) is 16.1.